The van der Waals surface area contributed by atoms with Gasteiger partial charge in [-0.25, -0.2) is 9.13 Å². The summed E-state index contributed by atoms with van der Waals surface area (Å²) >= 11 is 0. The van der Waals surface area contributed by atoms with E-state index in [1.54, 1.807) is 24.3 Å². The first kappa shape index (κ1) is 13.7. The maximum Gasteiger partial charge on any atom is 0.254 e. The lowest BCUT2D eigenvalue weighted by atomic mass is 9.89. The van der Waals surface area contributed by atoms with E-state index >= 15 is 0 Å². The molecule has 0 spiro atoms. The molecule has 4 nitrogen and oxygen atoms in total. The smallest absolute Gasteiger partial charge is 0.254 e. The fraction of sp³-hybridized carbons (Fsp3) is 0.353. The summed E-state index contributed by atoms with van der Waals surface area (Å²) in [5.74, 6) is 0.820. The monoisotopic (exact) mass is 283 g/mol. The third-order valence-electron chi connectivity index (χ3n) is 4.51. The van der Waals surface area contributed by atoms with Gasteiger partial charge < -0.3 is 0 Å². The lowest BCUT2D eigenvalue weighted by Crippen LogP contribution is -2.39. The van der Waals surface area contributed by atoms with E-state index in [1.807, 2.05) is 23.1 Å². The molecule has 1 aliphatic carbocycles. The third-order valence-corrected chi connectivity index (χ3v) is 4.51. The first-order valence-electron chi connectivity index (χ1n) is 7.28. The highest BCUT2D eigenvalue weighted by Gasteiger charge is 2.42. The van der Waals surface area contributed by atoms with E-state index in [-0.39, 0.29) is 17.6 Å². The van der Waals surface area contributed by atoms with Gasteiger partial charge in [0.05, 0.1) is 13.1 Å². The highest BCUT2D eigenvalue weighted by Crippen LogP contribution is 2.29. The fourth-order valence-corrected chi connectivity index (χ4v) is 3.09. The summed E-state index contributed by atoms with van der Waals surface area (Å²) in [5, 5.41) is 0. The Hall–Kier alpha value is -2.23. The Morgan fingerprint density at radius 3 is 2.29 bits per heavy atom. The Bertz CT molecular complexity index is 771. The molecule has 1 heterocycles. The van der Waals surface area contributed by atoms with Crippen molar-refractivity contribution in [2.24, 2.45) is 7.05 Å². The number of hydrogen-bond donors (Lipinski definition) is 0. The third kappa shape index (κ3) is 1.71. The molecule has 1 atom stereocenters. The molecule has 0 saturated heterocycles. The number of benzene rings is 1. The summed E-state index contributed by atoms with van der Waals surface area (Å²) in [6.45, 7) is 6.11. The van der Waals surface area contributed by atoms with Crippen LogP contribution in [-0.2, 0) is 7.05 Å². The first-order chi connectivity index (χ1) is 9.99. The van der Waals surface area contributed by atoms with Gasteiger partial charge in [0.2, 0.25) is 23.0 Å². The van der Waals surface area contributed by atoms with Crippen molar-refractivity contribution in [3.05, 3.63) is 52.6 Å². The van der Waals surface area contributed by atoms with Crippen LogP contribution in [0.3, 0.4) is 0 Å². The number of nitrogens with zero attached hydrogens (tertiary/aromatic N) is 2. The fourth-order valence-electron chi connectivity index (χ4n) is 3.09. The normalized spacial score (nSPS) is 14.9. The van der Waals surface area contributed by atoms with Crippen LogP contribution in [0.5, 0.6) is 0 Å². The van der Waals surface area contributed by atoms with E-state index in [0.29, 0.717) is 22.5 Å². The van der Waals surface area contributed by atoms with E-state index in [1.165, 1.54) is 0 Å². The van der Waals surface area contributed by atoms with Gasteiger partial charge in [-0.05, 0) is 13.3 Å². The van der Waals surface area contributed by atoms with Crippen LogP contribution < -0.4 is 4.57 Å². The van der Waals surface area contributed by atoms with Gasteiger partial charge in [-0.15, -0.1) is 0 Å². The zero-order valence-electron chi connectivity index (χ0n) is 12.8. The number of carbonyl (C=O) groups excluding carboxylic acids is 2. The van der Waals surface area contributed by atoms with Gasteiger partial charge >= 0.3 is 0 Å². The summed E-state index contributed by atoms with van der Waals surface area (Å²) in [7, 11) is 1.85. The Morgan fingerprint density at radius 1 is 1.14 bits per heavy atom. The molecule has 4 heteroatoms. The minimum absolute atomic E-state index is 0.0517. The van der Waals surface area contributed by atoms with Gasteiger partial charge in [-0.2, -0.15) is 0 Å². The summed E-state index contributed by atoms with van der Waals surface area (Å²) < 4.78 is 3.85. The Kier molecular flexibility index (Phi) is 3.04. The second-order valence-corrected chi connectivity index (χ2v) is 5.63. The summed E-state index contributed by atoms with van der Waals surface area (Å²) in [4.78, 5) is 25.6. The quantitative estimate of drug-likeness (QED) is 0.678. The van der Waals surface area contributed by atoms with Crippen LogP contribution in [0.4, 0.5) is 0 Å². The number of carbonyl (C=O) groups is 2. The molecule has 0 aliphatic heterocycles. The zero-order chi connectivity index (χ0) is 15.3. The van der Waals surface area contributed by atoms with E-state index in [0.717, 1.165) is 12.2 Å². The second-order valence-electron chi connectivity index (χ2n) is 5.63. The summed E-state index contributed by atoms with van der Waals surface area (Å²) in [5.41, 5.74) is 2.06. The predicted molar refractivity (Wildman–Crippen MR) is 78.7 cm³/mol. The van der Waals surface area contributed by atoms with Crippen LogP contribution in [0.2, 0.25) is 0 Å². The second kappa shape index (κ2) is 4.65. The van der Waals surface area contributed by atoms with Crippen LogP contribution >= 0.6 is 0 Å². The maximum absolute atomic E-state index is 12.9. The maximum atomic E-state index is 12.9. The van der Waals surface area contributed by atoms with Crippen molar-refractivity contribution in [1.82, 2.24) is 4.57 Å². The van der Waals surface area contributed by atoms with Crippen LogP contribution in [0, 0.1) is 6.92 Å². The predicted octanol–water partition coefficient (Wildman–Crippen LogP) is 2.37. The van der Waals surface area contributed by atoms with Crippen molar-refractivity contribution in [2.45, 2.75) is 33.2 Å². The topological polar surface area (TPSA) is 43.0 Å². The molecule has 108 valence electrons. The number of fused-ring (bicyclic) bond motifs is 2. The Morgan fingerprint density at radius 2 is 1.71 bits per heavy atom. The van der Waals surface area contributed by atoms with Gasteiger partial charge in [-0.1, -0.05) is 31.2 Å². The number of hydrogen-bond acceptors (Lipinski definition) is 2. The lowest BCUT2D eigenvalue weighted by Gasteiger charge is -2.14. The molecule has 1 unspecified atom stereocenters. The van der Waals surface area contributed by atoms with E-state index < -0.39 is 0 Å². The van der Waals surface area contributed by atoms with Crippen molar-refractivity contribution in [3.8, 4) is 0 Å². The molecule has 1 aromatic heterocycles. The van der Waals surface area contributed by atoms with Gasteiger partial charge in [-0.3, -0.25) is 9.59 Å². The Labute approximate surface area is 124 Å². The minimum atomic E-state index is -0.0622. The van der Waals surface area contributed by atoms with Crippen molar-refractivity contribution >= 4 is 11.6 Å². The first-order valence-corrected chi connectivity index (χ1v) is 7.28. The van der Waals surface area contributed by atoms with Crippen molar-refractivity contribution in [1.29, 1.82) is 0 Å². The number of rotatable bonds is 2. The summed E-state index contributed by atoms with van der Waals surface area (Å²) in [6.07, 6.45) is 0.908. The van der Waals surface area contributed by atoms with Gasteiger partial charge in [0.15, 0.2) is 0 Å². The van der Waals surface area contributed by atoms with Crippen molar-refractivity contribution in [2.75, 3.05) is 0 Å². The molecule has 0 saturated carbocycles. The average molecular weight is 283 g/mol. The molecular weight excluding hydrogens is 264 g/mol. The molecule has 0 radical (unpaired) electrons. The van der Waals surface area contributed by atoms with Gasteiger partial charge in [0.25, 0.3) is 5.82 Å². The number of imidazole rings is 1. The van der Waals surface area contributed by atoms with E-state index in [9.17, 15) is 9.59 Å². The van der Waals surface area contributed by atoms with Gasteiger partial charge in [0.1, 0.15) is 0 Å². The van der Waals surface area contributed by atoms with Crippen molar-refractivity contribution < 1.29 is 14.2 Å². The highest BCUT2D eigenvalue weighted by atomic mass is 16.1. The molecule has 0 N–H and O–H groups in total. The average Bonchev–Trinajstić information content (AvgIpc) is 2.77. The van der Waals surface area contributed by atoms with Crippen LogP contribution in [0.15, 0.2) is 24.3 Å². The van der Waals surface area contributed by atoms with Gasteiger partial charge in [0, 0.05) is 18.1 Å². The lowest BCUT2D eigenvalue weighted by molar-refractivity contribution is -0.679. The molecule has 0 fully saturated rings. The minimum Gasteiger partial charge on any atom is -0.284 e. The Balaban J connectivity index is 2.36. The van der Waals surface area contributed by atoms with Crippen LogP contribution in [0.1, 0.15) is 64.2 Å². The van der Waals surface area contributed by atoms with Crippen molar-refractivity contribution in [3.63, 3.8) is 0 Å². The molecule has 0 bridgehead atoms. The highest BCUT2D eigenvalue weighted by molar-refractivity contribution is 6.26. The molecule has 21 heavy (non-hydrogen) atoms. The molecule has 1 aliphatic rings. The number of ketones is 2. The standard InChI is InChI=1S/C17H19N2O2/c1-5-10(2)19-11(3)18(4)14-15(19)17(21)13-9-7-6-8-12(13)16(14)20/h6-10H,5H2,1-4H3/q+1. The number of aromatic nitrogens is 2. The molecule has 1 aromatic carbocycles. The molecule has 2 aromatic rings. The summed E-state index contributed by atoms with van der Waals surface area (Å²) in [6, 6.07) is 7.25. The van der Waals surface area contributed by atoms with E-state index in [4.69, 9.17) is 0 Å². The molecular formula is C17H19N2O2+. The molecule has 0 amide bonds. The van der Waals surface area contributed by atoms with Crippen LogP contribution in [0.25, 0.3) is 0 Å². The largest absolute Gasteiger partial charge is 0.284 e. The van der Waals surface area contributed by atoms with E-state index in [2.05, 4.69) is 13.8 Å². The SMILES string of the molecule is CCC(C)n1c2c([n+](C)c1C)C(=O)c1ccccc1C2=O. The van der Waals surface area contributed by atoms with Crippen LogP contribution in [-0.4, -0.2) is 16.1 Å². The zero-order valence-corrected chi connectivity index (χ0v) is 12.8. The molecule has 3 rings (SSSR count).